The molecule has 10 heavy (non-hydrogen) atoms. The molecule has 0 saturated heterocycles. The van der Waals surface area contributed by atoms with E-state index in [1.165, 1.54) is 0 Å². The number of nitrogens with one attached hydrogen (secondary N) is 1. The molecule has 0 bridgehead atoms. The summed E-state index contributed by atoms with van der Waals surface area (Å²) in [6, 6.07) is 0. The number of nitrogens with two attached hydrogens (primary N) is 1. The average molecular weight is 146 g/mol. The second kappa shape index (κ2) is 6.51. The monoisotopic (exact) mass is 146 g/mol. The van der Waals surface area contributed by atoms with Crippen LogP contribution in [0.4, 0.5) is 0 Å². The first-order valence-corrected chi connectivity index (χ1v) is 3.37. The van der Waals surface area contributed by atoms with Crippen LogP contribution < -0.4 is 11.1 Å². The van der Waals surface area contributed by atoms with Gasteiger partial charge in [-0.1, -0.05) is 6.92 Å². The molecular formula is C6H14N2O2. The molecule has 0 rings (SSSR count). The molecule has 4 heteroatoms. The van der Waals surface area contributed by atoms with E-state index in [1.807, 2.05) is 6.92 Å². The minimum Gasteiger partial charge on any atom is -0.463 e. The Kier molecular flexibility index (Phi) is 6.11. The molecule has 0 radical (unpaired) electrons. The molecule has 0 atom stereocenters. The van der Waals surface area contributed by atoms with E-state index >= 15 is 0 Å². The van der Waals surface area contributed by atoms with Gasteiger partial charge >= 0.3 is 5.97 Å². The smallest absolute Gasteiger partial charge is 0.319 e. The van der Waals surface area contributed by atoms with Crippen LogP contribution in [0.1, 0.15) is 6.92 Å². The Morgan fingerprint density at radius 3 is 2.90 bits per heavy atom. The third-order valence-electron chi connectivity index (χ3n) is 0.959. The van der Waals surface area contributed by atoms with Gasteiger partial charge in [-0.05, 0) is 6.54 Å². The Bertz CT molecular complexity index is 95.7. The fraction of sp³-hybridized carbons (Fsp3) is 0.833. The van der Waals surface area contributed by atoms with E-state index < -0.39 is 0 Å². The summed E-state index contributed by atoms with van der Waals surface area (Å²) in [5, 5.41) is 3.01. The van der Waals surface area contributed by atoms with Crippen LogP contribution in [0.15, 0.2) is 0 Å². The SMILES string of the molecule is CCNCCOC(=O)CN. The molecule has 0 aromatic heterocycles. The molecule has 0 aliphatic heterocycles. The fourth-order valence-corrected chi connectivity index (χ4v) is 0.473. The summed E-state index contributed by atoms with van der Waals surface area (Å²) in [6.07, 6.45) is 0. The Balaban J connectivity index is 2.96. The van der Waals surface area contributed by atoms with Crippen molar-refractivity contribution in [3.8, 4) is 0 Å². The summed E-state index contributed by atoms with van der Waals surface area (Å²) in [5.74, 6) is -0.349. The van der Waals surface area contributed by atoms with Crippen molar-refractivity contribution in [2.75, 3.05) is 26.2 Å². The summed E-state index contributed by atoms with van der Waals surface area (Å²) in [6.45, 7) is 3.95. The lowest BCUT2D eigenvalue weighted by atomic mass is 10.6. The molecular weight excluding hydrogens is 132 g/mol. The lowest BCUT2D eigenvalue weighted by molar-refractivity contribution is -0.141. The van der Waals surface area contributed by atoms with Gasteiger partial charge in [0.15, 0.2) is 0 Å². The lowest BCUT2D eigenvalue weighted by Gasteiger charge is -2.02. The summed E-state index contributed by atoms with van der Waals surface area (Å²) in [4.78, 5) is 10.4. The standard InChI is InChI=1S/C6H14N2O2/c1-2-8-3-4-10-6(9)5-7/h8H,2-5,7H2,1H3. The van der Waals surface area contributed by atoms with E-state index in [0.29, 0.717) is 13.2 Å². The Labute approximate surface area is 60.7 Å². The first kappa shape index (κ1) is 9.39. The van der Waals surface area contributed by atoms with E-state index in [-0.39, 0.29) is 12.5 Å². The summed E-state index contributed by atoms with van der Waals surface area (Å²) < 4.78 is 4.67. The predicted octanol–water partition coefficient (Wildman–Crippen LogP) is -0.902. The Hall–Kier alpha value is -0.610. The zero-order chi connectivity index (χ0) is 7.82. The fourth-order valence-electron chi connectivity index (χ4n) is 0.473. The van der Waals surface area contributed by atoms with Crippen molar-refractivity contribution in [3.05, 3.63) is 0 Å². The zero-order valence-corrected chi connectivity index (χ0v) is 6.22. The molecule has 0 spiro atoms. The number of ether oxygens (including phenoxy) is 1. The average Bonchev–Trinajstić information content (AvgIpc) is 1.98. The van der Waals surface area contributed by atoms with Crippen LogP contribution in [-0.2, 0) is 9.53 Å². The summed E-state index contributed by atoms with van der Waals surface area (Å²) in [7, 11) is 0. The van der Waals surface area contributed by atoms with Gasteiger partial charge in [0.25, 0.3) is 0 Å². The molecule has 3 N–H and O–H groups in total. The number of hydrogen-bond donors (Lipinski definition) is 2. The molecule has 0 aromatic carbocycles. The maximum Gasteiger partial charge on any atom is 0.319 e. The molecule has 0 aliphatic carbocycles. The quantitative estimate of drug-likeness (QED) is 0.389. The Morgan fingerprint density at radius 1 is 1.70 bits per heavy atom. The molecule has 60 valence electrons. The van der Waals surface area contributed by atoms with Crippen molar-refractivity contribution >= 4 is 5.97 Å². The molecule has 0 fully saturated rings. The topological polar surface area (TPSA) is 64.3 Å². The van der Waals surface area contributed by atoms with Gasteiger partial charge in [-0.25, -0.2) is 0 Å². The summed E-state index contributed by atoms with van der Waals surface area (Å²) >= 11 is 0. The highest BCUT2D eigenvalue weighted by molar-refractivity contribution is 5.71. The molecule has 0 saturated carbocycles. The van der Waals surface area contributed by atoms with Crippen LogP contribution >= 0.6 is 0 Å². The number of hydrogen-bond acceptors (Lipinski definition) is 4. The van der Waals surface area contributed by atoms with Gasteiger partial charge in [0.2, 0.25) is 0 Å². The van der Waals surface area contributed by atoms with Crippen molar-refractivity contribution in [1.29, 1.82) is 0 Å². The van der Waals surface area contributed by atoms with Crippen LogP contribution in [0, 0.1) is 0 Å². The molecule has 0 heterocycles. The third-order valence-corrected chi connectivity index (χ3v) is 0.959. The van der Waals surface area contributed by atoms with Gasteiger partial charge < -0.3 is 15.8 Å². The predicted molar refractivity (Wildman–Crippen MR) is 38.6 cm³/mol. The van der Waals surface area contributed by atoms with Crippen LogP contribution in [0.2, 0.25) is 0 Å². The van der Waals surface area contributed by atoms with E-state index in [0.717, 1.165) is 6.54 Å². The van der Waals surface area contributed by atoms with Gasteiger partial charge in [0, 0.05) is 6.54 Å². The second-order valence-corrected chi connectivity index (χ2v) is 1.78. The maximum atomic E-state index is 10.4. The third kappa shape index (κ3) is 5.53. The Morgan fingerprint density at radius 2 is 2.40 bits per heavy atom. The number of carbonyl (C=O) groups excluding carboxylic acids is 1. The van der Waals surface area contributed by atoms with Crippen LogP contribution in [0.25, 0.3) is 0 Å². The number of likely N-dealkylation sites (N-methyl/N-ethyl adjacent to an activating group) is 1. The maximum absolute atomic E-state index is 10.4. The summed E-state index contributed by atoms with van der Waals surface area (Å²) in [5.41, 5.74) is 4.99. The van der Waals surface area contributed by atoms with Crippen molar-refractivity contribution in [2.24, 2.45) is 5.73 Å². The highest BCUT2D eigenvalue weighted by atomic mass is 16.5. The first-order chi connectivity index (χ1) is 4.81. The van der Waals surface area contributed by atoms with Crippen LogP contribution in [0.3, 0.4) is 0 Å². The van der Waals surface area contributed by atoms with Crippen molar-refractivity contribution in [1.82, 2.24) is 5.32 Å². The molecule has 0 amide bonds. The van der Waals surface area contributed by atoms with E-state index in [1.54, 1.807) is 0 Å². The van der Waals surface area contributed by atoms with Gasteiger partial charge in [-0.15, -0.1) is 0 Å². The van der Waals surface area contributed by atoms with Crippen LogP contribution in [-0.4, -0.2) is 32.2 Å². The van der Waals surface area contributed by atoms with Gasteiger partial charge in [0.1, 0.15) is 6.61 Å². The number of esters is 1. The highest BCUT2D eigenvalue weighted by Crippen LogP contribution is 1.72. The van der Waals surface area contributed by atoms with Crippen molar-refractivity contribution in [2.45, 2.75) is 6.92 Å². The zero-order valence-electron chi connectivity index (χ0n) is 6.22. The minimum atomic E-state index is -0.349. The minimum absolute atomic E-state index is 0.0356. The van der Waals surface area contributed by atoms with Crippen LogP contribution in [0.5, 0.6) is 0 Å². The van der Waals surface area contributed by atoms with Crippen molar-refractivity contribution < 1.29 is 9.53 Å². The normalized spacial score (nSPS) is 9.40. The van der Waals surface area contributed by atoms with Gasteiger partial charge in [0.05, 0.1) is 6.54 Å². The second-order valence-electron chi connectivity index (χ2n) is 1.78. The van der Waals surface area contributed by atoms with E-state index in [9.17, 15) is 4.79 Å². The van der Waals surface area contributed by atoms with Crippen molar-refractivity contribution in [3.63, 3.8) is 0 Å². The molecule has 0 aliphatic rings. The van der Waals surface area contributed by atoms with E-state index in [4.69, 9.17) is 5.73 Å². The lowest BCUT2D eigenvalue weighted by Crippen LogP contribution is -2.24. The largest absolute Gasteiger partial charge is 0.463 e. The molecule has 0 unspecified atom stereocenters. The number of carbonyl (C=O) groups is 1. The highest BCUT2D eigenvalue weighted by Gasteiger charge is 1.95. The van der Waals surface area contributed by atoms with E-state index in [2.05, 4.69) is 10.1 Å². The van der Waals surface area contributed by atoms with Gasteiger partial charge in [-0.3, -0.25) is 4.79 Å². The molecule has 4 nitrogen and oxygen atoms in total. The first-order valence-electron chi connectivity index (χ1n) is 3.37. The molecule has 0 aromatic rings. The number of rotatable bonds is 5. The van der Waals surface area contributed by atoms with Gasteiger partial charge in [-0.2, -0.15) is 0 Å².